The standard InChI is InChI=1S/C17H21N3O2/c21-17(18-14-7-3-1-4-8-14)16-11-12-20(19-16)13-22-15-9-5-2-6-10-15/h2,5-6,9-12,14H,1,3-4,7-8,13H2,(H,18,21). The maximum Gasteiger partial charge on any atom is 0.271 e. The first kappa shape index (κ1) is 14.6. The average molecular weight is 299 g/mol. The van der Waals surface area contributed by atoms with Crippen LogP contribution in [0.4, 0.5) is 0 Å². The van der Waals surface area contributed by atoms with Gasteiger partial charge >= 0.3 is 0 Å². The summed E-state index contributed by atoms with van der Waals surface area (Å²) in [7, 11) is 0. The second-order valence-electron chi connectivity index (χ2n) is 5.64. The van der Waals surface area contributed by atoms with Crippen LogP contribution in [0.5, 0.6) is 5.75 Å². The summed E-state index contributed by atoms with van der Waals surface area (Å²) in [6.45, 7) is 0.292. The first-order chi connectivity index (χ1) is 10.8. The minimum absolute atomic E-state index is 0.0923. The van der Waals surface area contributed by atoms with Gasteiger partial charge in [-0.3, -0.25) is 4.79 Å². The van der Waals surface area contributed by atoms with Gasteiger partial charge in [-0.15, -0.1) is 0 Å². The second-order valence-corrected chi connectivity index (χ2v) is 5.64. The number of benzene rings is 1. The molecular weight excluding hydrogens is 278 g/mol. The van der Waals surface area contributed by atoms with Crippen LogP contribution >= 0.6 is 0 Å². The molecule has 116 valence electrons. The fourth-order valence-corrected chi connectivity index (χ4v) is 2.72. The fraction of sp³-hybridized carbons (Fsp3) is 0.412. The van der Waals surface area contributed by atoms with E-state index < -0.39 is 0 Å². The Morgan fingerprint density at radius 2 is 1.95 bits per heavy atom. The quantitative estimate of drug-likeness (QED) is 0.923. The largest absolute Gasteiger partial charge is 0.471 e. The van der Waals surface area contributed by atoms with Gasteiger partial charge in [-0.25, -0.2) is 4.68 Å². The van der Waals surface area contributed by atoms with Gasteiger partial charge in [0.05, 0.1) is 0 Å². The summed E-state index contributed by atoms with van der Waals surface area (Å²) in [6.07, 6.45) is 7.58. The summed E-state index contributed by atoms with van der Waals surface area (Å²) in [6, 6.07) is 11.6. The summed E-state index contributed by atoms with van der Waals surface area (Å²) in [5, 5.41) is 7.34. The highest BCUT2D eigenvalue weighted by molar-refractivity contribution is 5.92. The molecule has 0 aliphatic heterocycles. The van der Waals surface area contributed by atoms with Crippen molar-refractivity contribution < 1.29 is 9.53 Å². The van der Waals surface area contributed by atoms with Crippen LogP contribution in [-0.4, -0.2) is 21.7 Å². The Labute approximate surface area is 130 Å². The van der Waals surface area contributed by atoms with E-state index in [0.29, 0.717) is 18.5 Å². The molecule has 1 N–H and O–H groups in total. The third kappa shape index (κ3) is 3.87. The molecule has 1 aromatic carbocycles. The number of nitrogens with one attached hydrogen (secondary N) is 1. The third-order valence-electron chi connectivity index (χ3n) is 3.92. The first-order valence-corrected chi connectivity index (χ1v) is 7.83. The van der Waals surface area contributed by atoms with Gasteiger partial charge in [-0.2, -0.15) is 5.10 Å². The SMILES string of the molecule is O=C(NC1CCCCC1)c1ccn(COc2ccccc2)n1. The Bertz CT molecular complexity index is 603. The van der Waals surface area contributed by atoms with Crippen molar-refractivity contribution in [2.24, 2.45) is 0 Å². The normalized spacial score (nSPS) is 15.5. The van der Waals surface area contributed by atoms with Crippen molar-refractivity contribution in [1.82, 2.24) is 15.1 Å². The Morgan fingerprint density at radius 1 is 1.18 bits per heavy atom. The predicted molar refractivity (Wildman–Crippen MR) is 83.6 cm³/mol. The molecule has 5 heteroatoms. The van der Waals surface area contributed by atoms with Crippen molar-refractivity contribution in [3.05, 3.63) is 48.3 Å². The third-order valence-corrected chi connectivity index (χ3v) is 3.92. The van der Waals surface area contributed by atoms with Crippen LogP contribution in [0.15, 0.2) is 42.6 Å². The summed E-state index contributed by atoms with van der Waals surface area (Å²) < 4.78 is 7.23. The maximum absolute atomic E-state index is 12.2. The van der Waals surface area contributed by atoms with E-state index in [0.717, 1.165) is 18.6 Å². The van der Waals surface area contributed by atoms with E-state index in [9.17, 15) is 4.79 Å². The van der Waals surface area contributed by atoms with E-state index in [1.165, 1.54) is 19.3 Å². The van der Waals surface area contributed by atoms with Gasteiger partial charge in [-0.1, -0.05) is 37.5 Å². The molecule has 0 saturated heterocycles. The highest BCUT2D eigenvalue weighted by Crippen LogP contribution is 2.17. The predicted octanol–water partition coefficient (Wildman–Crippen LogP) is 2.98. The van der Waals surface area contributed by atoms with Crippen LogP contribution in [-0.2, 0) is 6.73 Å². The number of carbonyl (C=O) groups excluding carboxylic acids is 1. The molecule has 0 atom stereocenters. The number of rotatable bonds is 5. The molecule has 1 heterocycles. The summed E-state index contributed by atoms with van der Waals surface area (Å²) in [5.74, 6) is 0.691. The molecule has 0 unspecified atom stereocenters. The number of carbonyl (C=O) groups is 1. The Kier molecular flexibility index (Phi) is 4.73. The van der Waals surface area contributed by atoms with Crippen LogP contribution in [0.3, 0.4) is 0 Å². The molecular formula is C17H21N3O2. The van der Waals surface area contributed by atoms with Crippen molar-refractivity contribution in [3.8, 4) is 5.75 Å². The van der Waals surface area contributed by atoms with Crippen LogP contribution in [0.25, 0.3) is 0 Å². The minimum atomic E-state index is -0.0923. The van der Waals surface area contributed by atoms with Crippen LogP contribution < -0.4 is 10.1 Å². The molecule has 0 radical (unpaired) electrons. The number of ether oxygens (including phenoxy) is 1. The Morgan fingerprint density at radius 3 is 2.73 bits per heavy atom. The molecule has 1 aliphatic rings. The lowest BCUT2D eigenvalue weighted by molar-refractivity contribution is 0.0920. The van der Waals surface area contributed by atoms with E-state index >= 15 is 0 Å². The summed E-state index contributed by atoms with van der Waals surface area (Å²) in [5.41, 5.74) is 0.447. The van der Waals surface area contributed by atoms with Gasteiger partial charge in [0.25, 0.3) is 5.91 Å². The zero-order valence-electron chi connectivity index (χ0n) is 12.6. The summed E-state index contributed by atoms with van der Waals surface area (Å²) >= 11 is 0. The van der Waals surface area contributed by atoms with Gasteiger partial charge in [0, 0.05) is 12.2 Å². The molecule has 0 bridgehead atoms. The van der Waals surface area contributed by atoms with E-state index in [2.05, 4.69) is 10.4 Å². The molecule has 1 amide bonds. The zero-order chi connectivity index (χ0) is 15.2. The summed E-state index contributed by atoms with van der Waals surface area (Å²) in [4.78, 5) is 12.2. The molecule has 1 fully saturated rings. The molecule has 22 heavy (non-hydrogen) atoms. The van der Waals surface area contributed by atoms with E-state index in [-0.39, 0.29) is 5.91 Å². The highest BCUT2D eigenvalue weighted by atomic mass is 16.5. The van der Waals surface area contributed by atoms with Crippen molar-refractivity contribution in [2.45, 2.75) is 44.9 Å². The zero-order valence-corrected chi connectivity index (χ0v) is 12.6. The fourth-order valence-electron chi connectivity index (χ4n) is 2.72. The molecule has 1 aromatic heterocycles. The van der Waals surface area contributed by atoms with Crippen molar-refractivity contribution in [2.75, 3.05) is 0 Å². The molecule has 1 aliphatic carbocycles. The molecule has 1 saturated carbocycles. The van der Waals surface area contributed by atoms with Gasteiger partial charge < -0.3 is 10.1 Å². The Hall–Kier alpha value is -2.30. The second kappa shape index (κ2) is 7.11. The number of nitrogens with zero attached hydrogens (tertiary/aromatic N) is 2. The maximum atomic E-state index is 12.2. The lowest BCUT2D eigenvalue weighted by Gasteiger charge is -2.22. The van der Waals surface area contributed by atoms with Gasteiger partial charge in [-0.05, 0) is 31.0 Å². The van der Waals surface area contributed by atoms with E-state index in [4.69, 9.17) is 4.74 Å². The number of hydrogen-bond acceptors (Lipinski definition) is 3. The lowest BCUT2D eigenvalue weighted by atomic mass is 9.95. The highest BCUT2D eigenvalue weighted by Gasteiger charge is 2.18. The van der Waals surface area contributed by atoms with Crippen molar-refractivity contribution in [1.29, 1.82) is 0 Å². The number of aromatic nitrogens is 2. The number of hydrogen-bond donors (Lipinski definition) is 1. The van der Waals surface area contributed by atoms with Crippen molar-refractivity contribution >= 4 is 5.91 Å². The first-order valence-electron chi connectivity index (χ1n) is 7.83. The monoisotopic (exact) mass is 299 g/mol. The smallest absolute Gasteiger partial charge is 0.271 e. The van der Waals surface area contributed by atoms with Crippen LogP contribution in [0, 0.1) is 0 Å². The number of amides is 1. The van der Waals surface area contributed by atoms with Gasteiger partial charge in [0.1, 0.15) is 11.4 Å². The molecule has 2 aromatic rings. The van der Waals surface area contributed by atoms with Crippen LogP contribution in [0.1, 0.15) is 42.6 Å². The van der Waals surface area contributed by atoms with Crippen LogP contribution in [0.2, 0.25) is 0 Å². The molecule has 3 rings (SSSR count). The average Bonchev–Trinajstić information content (AvgIpc) is 3.04. The topological polar surface area (TPSA) is 56.2 Å². The van der Waals surface area contributed by atoms with E-state index in [1.807, 2.05) is 30.3 Å². The van der Waals surface area contributed by atoms with Crippen molar-refractivity contribution in [3.63, 3.8) is 0 Å². The molecule has 5 nitrogen and oxygen atoms in total. The van der Waals surface area contributed by atoms with Gasteiger partial charge in [0.2, 0.25) is 0 Å². The Balaban J connectivity index is 1.52. The van der Waals surface area contributed by atoms with E-state index in [1.54, 1.807) is 16.9 Å². The lowest BCUT2D eigenvalue weighted by Crippen LogP contribution is -2.36. The molecule has 0 spiro atoms. The number of para-hydroxylation sites is 1. The minimum Gasteiger partial charge on any atom is -0.471 e. The van der Waals surface area contributed by atoms with Gasteiger partial charge in [0.15, 0.2) is 6.73 Å².